The van der Waals surface area contributed by atoms with Crippen LogP contribution in [0.1, 0.15) is 40.0 Å². The van der Waals surface area contributed by atoms with Crippen LogP contribution in [-0.4, -0.2) is 36.7 Å². The molecule has 0 atom stereocenters. The summed E-state index contributed by atoms with van der Waals surface area (Å²) >= 11 is 0. The molecule has 0 radical (unpaired) electrons. The van der Waals surface area contributed by atoms with Gasteiger partial charge in [0.25, 0.3) is 0 Å². The molecule has 0 saturated heterocycles. The summed E-state index contributed by atoms with van der Waals surface area (Å²) in [5.41, 5.74) is 1.49. The quantitative estimate of drug-likeness (QED) is 0.133. The molecule has 28 heavy (non-hydrogen) atoms. The summed E-state index contributed by atoms with van der Waals surface area (Å²) < 4.78 is 17.9. The van der Waals surface area contributed by atoms with Crippen molar-refractivity contribution in [2.45, 2.75) is 65.2 Å². The van der Waals surface area contributed by atoms with Gasteiger partial charge in [-0.3, -0.25) is 6.08 Å². The Labute approximate surface area is 193 Å². The molecule has 1 aliphatic carbocycles. The van der Waals surface area contributed by atoms with Crippen molar-refractivity contribution < 1.29 is 34.3 Å². The molecule has 1 rings (SSSR count). The van der Waals surface area contributed by atoms with Gasteiger partial charge < -0.3 is 35.6 Å². The molecule has 0 N–H and O–H groups in total. The number of rotatable bonds is 13. The average molecular weight is 608 g/mol. The Morgan fingerprint density at radius 2 is 1.54 bits per heavy atom. The van der Waals surface area contributed by atoms with E-state index in [-0.39, 0.29) is 43.3 Å². The van der Waals surface area contributed by atoms with Crippen LogP contribution in [0.3, 0.4) is 0 Å². The fourth-order valence-electron chi connectivity index (χ4n) is 3.35. The smallest absolute Gasteiger partial charge is 0.374 e. The molecule has 1 aliphatic rings. The zero-order valence-corrected chi connectivity index (χ0v) is 23.8. The molecule has 3 nitrogen and oxygen atoms in total. The summed E-state index contributed by atoms with van der Waals surface area (Å²) in [7, 11) is -3.95. The van der Waals surface area contributed by atoms with Crippen molar-refractivity contribution in [1.29, 1.82) is 0 Å². The Kier molecular flexibility index (Phi) is 23.0. The molecule has 0 aromatic rings. The van der Waals surface area contributed by atoms with Crippen LogP contribution in [0.15, 0.2) is 29.5 Å². The van der Waals surface area contributed by atoms with Crippen molar-refractivity contribution in [2.24, 2.45) is 0 Å². The van der Waals surface area contributed by atoms with E-state index in [1.165, 1.54) is 10.8 Å². The molecular formula is C22H44O3PtSi2. The van der Waals surface area contributed by atoms with Crippen LogP contribution < -0.4 is 0 Å². The van der Waals surface area contributed by atoms with Gasteiger partial charge in [-0.25, -0.2) is 10.8 Å². The topological polar surface area (TPSA) is 27.7 Å². The summed E-state index contributed by atoms with van der Waals surface area (Å²) in [6.07, 6.45) is 11.1. The van der Waals surface area contributed by atoms with E-state index in [9.17, 15) is 0 Å². The minimum absolute atomic E-state index is 0. The second-order valence-electron chi connectivity index (χ2n) is 6.70. The van der Waals surface area contributed by atoms with Gasteiger partial charge in [0.1, 0.15) is 0 Å². The van der Waals surface area contributed by atoms with E-state index in [0.717, 1.165) is 31.4 Å². The van der Waals surface area contributed by atoms with Crippen LogP contribution in [0.4, 0.5) is 0 Å². The molecular weight excluding hydrogens is 563 g/mol. The van der Waals surface area contributed by atoms with Gasteiger partial charge in [0.05, 0.1) is 0 Å². The van der Waals surface area contributed by atoms with E-state index < -0.39 is 16.9 Å². The Morgan fingerprint density at radius 1 is 1.04 bits per heavy atom. The van der Waals surface area contributed by atoms with Crippen LogP contribution in [-0.2, 0) is 34.3 Å². The first-order valence-corrected chi connectivity index (χ1v) is 14.4. The van der Waals surface area contributed by atoms with Gasteiger partial charge in [0, 0.05) is 33.9 Å². The Bertz CT molecular complexity index is 446. The number of hydrogen-bond acceptors (Lipinski definition) is 3. The minimum Gasteiger partial charge on any atom is -0.374 e. The summed E-state index contributed by atoms with van der Waals surface area (Å²) in [6.45, 7) is 16.7. The third kappa shape index (κ3) is 10.8. The summed E-state index contributed by atoms with van der Waals surface area (Å²) in [6, 6.07) is 2.00. The van der Waals surface area contributed by atoms with Crippen molar-refractivity contribution in [3.8, 4) is 0 Å². The molecule has 0 spiro atoms. The Morgan fingerprint density at radius 3 is 1.96 bits per heavy atom. The van der Waals surface area contributed by atoms with Gasteiger partial charge in [-0.15, -0.1) is 13.0 Å². The molecule has 168 valence electrons. The van der Waals surface area contributed by atoms with Crippen LogP contribution >= 0.6 is 0 Å². The summed E-state index contributed by atoms with van der Waals surface area (Å²) in [5.74, 6) is 0. The van der Waals surface area contributed by atoms with Crippen molar-refractivity contribution in [1.82, 2.24) is 0 Å². The first-order chi connectivity index (χ1) is 11.4. The van der Waals surface area contributed by atoms with Crippen LogP contribution in [0.2, 0.25) is 25.2 Å². The third-order valence-electron chi connectivity index (χ3n) is 4.30. The maximum atomic E-state index is 5.96. The normalized spacial score (nSPS) is 13.2. The maximum absolute atomic E-state index is 5.96. The second kappa shape index (κ2) is 18.0. The molecule has 0 saturated carbocycles. The largest absolute Gasteiger partial charge is 4.00 e. The molecule has 6 heteroatoms. The predicted octanol–water partition coefficient (Wildman–Crippen LogP) is 6.66. The van der Waals surface area contributed by atoms with Crippen LogP contribution in [0.25, 0.3) is 0 Å². The summed E-state index contributed by atoms with van der Waals surface area (Å²) in [5, 5.41) is 1.50. The predicted molar refractivity (Wildman–Crippen MR) is 126 cm³/mol. The monoisotopic (exact) mass is 607 g/mol. The van der Waals surface area contributed by atoms with E-state index in [2.05, 4.69) is 37.9 Å². The van der Waals surface area contributed by atoms with Crippen LogP contribution in [0, 0.1) is 28.4 Å². The molecule has 0 fully saturated rings. The summed E-state index contributed by atoms with van der Waals surface area (Å²) in [4.78, 5) is 0. The van der Waals surface area contributed by atoms with Crippen molar-refractivity contribution in [2.75, 3.05) is 19.8 Å². The molecule has 0 heterocycles. The van der Waals surface area contributed by atoms with Crippen molar-refractivity contribution in [3.05, 3.63) is 57.9 Å². The molecule has 0 unspecified atom stereocenters. The Balaban J connectivity index is -0.000000720. The molecule has 0 bridgehead atoms. The SMILES string of the molecule is C=CC[Si](C)(C)C1=[C-]CC=C1CCC[Si](OCC)(OCC)OCC.[CH3-].[CH3-].[CH3-].[Pt+4]. The van der Waals surface area contributed by atoms with Gasteiger partial charge >= 0.3 is 29.9 Å². The first kappa shape index (κ1) is 35.6. The van der Waals surface area contributed by atoms with E-state index >= 15 is 0 Å². The molecule has 0 aromatic carbocycles. The van der Waals surface area contributed by atoms with E-state index in [4.69, 9.17) is 13.3 Å². The van der Waals surface area contributed by atoms with E-state index in [0.29, 0.717) is 19.8 Å². The van der Waals surface area contributed by atoms with E-state index in [1.54, 1.807) is 0 Å². The fourth-order valence-corrected chi connectivity index (χ4v) is 8.57. The third-order valence-corrected chi connectivity index (χ3v) is 10.6. The zero-order valence-electron chi connectivity index (χ0n) is 19.6. The van der Waals surface area contributed by atoms with E-state index in [1.807, 2.05) is 20.8 Å². The van der Waals surface area contributed by atoms with Gasteiger partial charge in [-0.05, 0) is 26.8 Å². The fraction of sp³-hybridized carbons (Fsp3) is 0.591. The van der Waals surface area contributed by atoms with Gasteiger partial charge in [-0.1, -0.05) is 32.0 Å². The first-order valence-electron chi connectivity index (χ1n) is 9.28. The molecule has 0 aromatic heterocycles. The van der Waals surface area contributed by atoms with Gasteiger partial charge in [0.15, 0.2) is 0 Å². The second-order valence-corrected chi connectivity index (χ2v) is 14.1. The number of hydrogen-bond donors (Lipinski definition) is 0. The molecule has 0 amide bonds. The van der Waals surface area contributed by atoms with Crippen LogP contribution in [0.5, 0.6) is 0 Å². The average Bonchev–Trinajstić information content (AvgIpc) is 2.97. The zero-order chi connectivity index (χ0) is 18.1. The number of allylic oxidation sites excluding steroid dienone is 5. The Hall–Kier alpha value is 0.222. The van der Waals surface area contributed by atoms with Gasteiger partial charge in [0.2, 0.25) is 0 Å². The van der Waals surface area contributed by atoms with Gasteiger partial charge in [-0.2, -0.15) is 6.08 Å². The van der Waals surface area contributed by atoms with Crippen molar-refractivity contribution in [3.63, 3.8) is 0 Å². The molecule has 0 aliphatic heterocycles. The van der Waals surface area contributed by atoms with Crippen molar-refractivity contribution >= 4 is 16.9 Å². The maximum Gasteiger partial charge on any atom is 4.00 e. The standard InChI is InChI=1S/C19H35O3Si2.3CH3.Pt/c1-7-16-23(5,6)19-15-11-13-18(19)14-12-17-24(20-8-2,21-9-3)22-10-4;;;;/h7,13H,1,8-12,14,16-17H2,2-6H3;3*1H3;/q4*-1;+4. The minimum atomic E-state index is -2.51.